The molecule has 0 radical (unpaired) electrons. The Balaban J connectivity index is 2.11. The van der Waals surface area contributed by atoms with Crippen molar-refractivity contribution in [3.05, 3.63) is 71.3 Å². The molecule has 0 aliphatic heterocycles. The predicted octanol–water partition coefficient (Wildman–Crippen LogP) is 4.26. The van der Waals surface area contributed by atoms with Crippen LogP contribution < -0.4 is 4.74 Å². The Bertz CT molecular complexity index is 991. The van der Waals surface area contributed by atoms with E-state index in [0.717, 1.165) is 27.7 Å². The maximum Gasteiger partial charge on any atom is 0.354 e. The average molecular weight is 354 g/mol. The van der Waals surface area contributed by atoms with Gasteiger partial charge in [-0.15, -0.1) is 6.58 Å². The van der Waals surface area contributed by atoms with Crippen LogP contribution in [-0.4, -0.2) is 20.6 Å². The van der Waals surface area contributed by atoms with E-state index in [1.165, 1.54) is 12.1 Å². The molecule has 134 valence electrons. The molecule has 0 unspecified atom stereocenters. The number of carboxylic acid groups (broad SMARTS) is 1. The molecule has 0 amide bonds. The Morgan fingerprint density at radius 1 is 1.35 bits per heavy atom. The third-order valence-corrected chi connectivity index (χ3v) is 4.40. The summed E-state index contributed by atoms with van der Waals surface area (Å²) in [6, 6.07) is 7.50. The third kappa shape index (κ3) is 3.18. The fraction of sp³-hybridized carbons (Fsp3) is 0.200. The topological polar surface area (TPSA) is 64.4 Å². The summed E-state index contributed by atoms with van der Waals surface area (Å²) in [6.45, 7) is 8.39. The van der Waals surface area contributed by atoms with E-state index in [9.17, 15) is 14.3 Å². The van der Waals surface area contributed by atoms with Crippen LogP contribution in [0.5, 0.6) is 5.88 Å². The predicted molar refractivity (Wildman–Crippen MR) is 97.1 cm³/mol. The highest BCUT2D eigenvalue weighted by Gasteiger charge is 2.20. The highest BCUT2D eigenvalue weighted by atomic mass is 19.1. The molecule has 0 saturated heterocycles. The van der Waals surface area contributed by atoms with Gasteiger partial charge in [-0.2, -0.15) is 0 Å². The number of carboxylic acids is 1. The number of fused-ring (bicyclic) bond motifs is 1. The van der Waals surface area contributed by atoms with E-state index in [0.29, 0.717) is 6.54 Å². The molecule has 6 heteroatoms. The van der Waals surface area contributed by atoms with Gasteiger partial charge in [-0.3, -0.25) is 0 Å². The largest absolute Gasteiger partial charge is 0.477 e. The summed E-state index contributed by atoms with van der Waals surface area (Å²) in [6.07, 6.45) is 1.76. The van der Waals surface area contributed by atoms with E-state index in [4.69, 9.17) is 4.74 Å². The molecule has 0 atom stereocenters. The van der Waals surface area contributed by atoms with E-state index in [1.54, 1.807) is 24.3 Å². The lowest BCUT2D eigenvalue weighted by molar-refractivity contribution is 0.0689. The van der Waals surface area contributed by atoms with Crippen LogP contribution in [0, 0.1) is 19.7 Å². The Kier molecular flexibility index (Phi) is 4.75. The molecule has 26 heavy (non-hydrogen) atoms. The second kappa shape index (κ2) is 7.00. The molecule has 3 aromatic rings. The highest BCUT2D eigenvalue weighted by molar-refractivity contribution is 5.95. The summed E-state index contributed by atoms with van der Waals surface area (Å²) in [5.74, 6) is -1.21. The lowest BCUT2D eigenvalue weighted by Crippen LogP contribution is -2.06. The molecule has 0 fully saturated rings. The summed E-state index contributed by atoms with van der Waals surface area (Å²) in [4.78, 5) is 15.6. The van der Waals surface area contributed by atoms with Crippen LogP contribution in [0.1, 0.15) is 27.3 Å². The number of hydrogen-bond donors (Lipinski definition) is 1. The van der Waals surface area contributed by atoms with E-state index in [2.05, 4.69) is 11.6 Å². The van der Waals surface area contributed by atoms with Gasteiger partial charge in [-0.25, -0.2) is 14.2 Å². The van der Waals surface area contributed by atoms with Crippen molar-refractivity contribution in [2.75, 3.05) is 0 Å². The van der Waals surface area contributed by atoms with E-state index in [1.807, 2.05) is 18.4 Å². The Hall–Kier alpha value is -3.15. The number of halogens is 1. The molecule has 2 aromatic heterocycles. The average Bonchev–Trinajstić information content (AvgIpc) is 2.86. The summed E-state index contributed by atoms with van der Waals surface area (Å²) < 4.78 is 20.9. The van der Waals surface area contributed by atoms with Gasteiger partial charge in [0.1, 0.15) is 17.9 Å². The first kappa shape index (κ1) is 17.7. The van der Waals surface area contributed by atoms with Crippen LogP contribution in [-0.2, 0) is 13.2 Å². The molecule has 3 rings (SSSR count). The molecule has 0 aliphatic carbocycles. The number of benzene rings is 1. The number of nitrogens with zero attached hydrogens (tertiary/aromatic N) is 2. The van der Waals surface area contributed by atoms with Crippen molar-refractivity contribution in [1.29, 1.82) is 0 Å². The number of allylic oxidation sites excluding steroid dienone is 1. The molecule has 1 N–H and O–H groups in total. The molecule has 0 bridgehead atoms. The summed E-state index contributed by atoms with van der Waals surface area (Å²) in [5, 5.41) is 10.2. The van der Waals surface area contributed by atoms with Crippen LogP contribution in [0.15, 0.2) is 43.0 Å². The molecule has 0 aliphatic rings. The maximum atomic E-state index is 13.1. The minimum atomic E-state index is -1.12. The van der Waals surface area contributed by atoms with Crippen molar-refractivity contribution in [1.82, 2.24) is 9.55 Å². The monoisotopic (exact) mass is 354 g/mol. The van der Waals surface area contributed by atoms with Crippen molar-refractivity contribution in [2.45, 2.75) is 27.0 Å². The maximum absolute atomic E-state index is 13.1. The quantitative estimate of drug-likeness (QED) is 0.672. The minimum Gasteiger partial charge on any atom is -0.477 e. The van der Waals surface area contributed by atoms with Crippen molar-refractivity contribution >= 4 is 16.9 Å². The van der Waals surface area contributed by atoms with E-state index < -0.39 is 5.97 Å². The standard InChI is InChI=1S/C20H19FN2O3/c1-4-9-23-13(3)12(2)16-10-17(20(24)25)22-19(18(16)23)26-11-14-5-7-15(21)8-6-14/h4-8,10H,1,9,11H2,2-3H3,(H,24,25). The Morgan fingerprint density at radius 3 is 2.65 bits per heavy atom. The molecular weight excluding hydrogens is 335 g/mol. The smallest absolute Gasteiger partial charge is 0.354 e. The zero-order chi connectivity index (χ0) is 18.8. The molecular formula is C20H19FN2O3. The third-order valence-electron chi connectivity index (χ3n) is 4.40. The summed E-state index contributed by atoms with van der Waals surface area (Å²) >= 11 is 0. The number of pyridine rings is 1. The summed E-state index contributed by atoms with van der Waals surface area (Å²) in [5.41, 5.74) is 3.38. The Labute approximate surface area is 150 Å². The number of ether oxygens (including phenoxy) is 1. The number of aromatic carboxylic acids is 1. The van der Waals surface area contributed by atoms with Gasteiger partial charge in [0.15, 0.2) is 5.69 Å². The van der Waals surface area contributed by atoms with Crippen molar-refractivity contribution in [2.24, 2.45) is 0 Å². The fourth-order valence-corrected chi connectivity index (χ4v) is 2.93. The second-order valence-electron chi connectivity index (χ2n) is 6.04. The normalized spacial score (nSPS) is 10.9. The van der Waals surface area contributed by atoms with Crippen molar-refractivity contribution in [3.63, 3.8) is 0 Å². The van der Waals surface area contributed by atoms with Gasteiger partial charge in [-0.05, 0) is 43.2 Å². The Morgan fingerprint density at radius 2 is 2.04 bits per heavy atom. The first-order valence-electron chi connectivity index (χ1n) is 8.14. The number of aromatic nitrogens is 2. The van der Waals surface area contributed by atoms with Gasteiger partial charge in [0, 0.05) is 17.6 Å². The van der Waals surface area contributed by atoms with Crippen molar-refractivity contribution in [3.8, 4) is 5.88 Å². The van der Waals surface area contributed by atoms with Crippen LogP contribution >= 0.6 is 0 Å². The van der Waals surface area contributed by atoms with Gasteiger partial charge in [0.05, 0.1) is 0 Å². The van der Waals surface area contributed by atoms with Crippen LogP contribution in [0.25, 0.3) is 10.9 Å². The first-order chi connectivity index (χ1) is 12.4. The summed E-state index contributed by atoms with van der Waals surface area (Å²) in [7, 11) is 0. The van der Waals surface area contributed by atoms with Crippen molar-refractivity contribution < 1.29 is 19.0 Å². The van der Waals surface area contributed by atoms with Crippen LogP contribution in [0.3, 0.4) is 0 Å². The van der Waals surface area contributed by atoms with Gasteiger partial charge >= 0.3 is 5.97 Å². The number of carbonyl (C=O) groups is 1. The van der Waals surface area contributed by atoms with Crippen LogP contribution in [0.4, 0.5) is 4.39 Å². The van der Waals surface area contributed by atoms with Gasteiger partial charge in [0.2, 0.25) is 5.88 Å². The molecule has 1 aromatic carbocycles. The fourth-order valence-electron chi connectivity index (χ4n) is 2.93. The van der Waals surface area contributed by atoms with E-state index >= 15 is 0 Å². The highest BCUT2D eigenvalue weighted by Crippen LogP contribution is 2.32. The zero-order valence-corrected chi connectivity index (χ0v) is 14.6. The SMILES string of the molecule is C=CCn1c(C)c(C)c2cc(C(=O)O)nc(OCc3ccc(F)cc3)c21. The molecule has 5 nitrogen and oxygen atoms in total. The lowest BCUT2D eigenvalue weighted by atomic mass is 10.1. The zero-order valence-electron chi connectivity index (χ0n) is 14.6. The molecule has 2 heterocycles. The second-order valence-corrected chi connectivity index (χ2v) is 6.04. The van der Waals surface area contributed by atoms with E-state index in [-0.39, 0.29) is 24.0 Å². The number of aryl methyl sites for hydroxylation is 1. The minimum absolute atomic E-state index is 0.0783. The van der Waals surface area contributed by atoms with Gasteiger partial charge < -0.3 is 14.4 Å². The van der Waals surface area contributed by atoms with Gasteiger partial charge in [-0.1, -0.05) is 18.2 Å². The van der Waals surface area contributed by atoms with Gasteiger partial charge in [0.25, 0.3) is 0 Å². The molecule has 0 spiro atoms. The number of rotatable bonds is 6. The lowest BCUT2D eigenvalue weighted by Gasteiger charge is -2.11. The van der Waals surface area contributed by atoms with Crippen LogP contribution in [0.2, 0.25) is 0 Å². The first-order valence-corrected chi connectivity index (χ1v) is 8.14. The number of hydrogen-bond acceptors (Lipinski definition) is 3. The molecule has 0 saturated carbocycles.